The molecule has 296 valence electrons. The highest BCUT2D eigenvalue weighted by atomic mass is 16.6. The van der Waals surface area contributed by atoms with E-state index in [0.717, 1.165) is 78.5 Å². The van der Waals surface area contributed by atoms with Crippen LogP contribution >= 0.6 is 0 Å². The van der Waals surface area contributed by atoms with Crippen LogP contribution in [0.15, 0.2) is 60.7 Å². The Balaban J connectivity index is 1.43. The van der Waals surface area contributed by atoms with E-state index >= 15 is 0 Å². The predicted molar refractivity (Wildman–Crippen MR) is 212 cm³/mol. The number of aliphatic carboxylic acids is 1. The van der Waals surface area contributed by atoms with Crippen LogP contribution in [0, 0.1) is 0 Å². The van der Waals surface area contributed by atoms with Crippen molar-refractivity contribution >= 4 is 11.9 Å². The van der Waals surface area contributed by atoms with Gasteiger partial charge in [0.1, 0.15) is 11.8 Å². The molecule has 4 aromatic carbocycles. The van der Waals surface area contributed by atoms with Crippen molar-refractivity contribution in [3.63, 3.8) is 0 Å². The van der Waals surface area contributed by atoms with Gasteiger partial charge in [0.15, 0.2) is 34.5 Å². The number of quaternary nitrogens is 1. The average Bonchev–Trinajstić information content (AvgIpc) is 3.17. The van der Waals surface area contributed by atoms with E-state index in [1.54, 1.807) is 21.3 Å². The van der Waals surface area contributed by atoms with Gasteiger partial charge in [-0.3, -0.25) is 14.5 Å². The van der Waals surface area contributed by atoms with Crippen LogP contribution in [0.5, 0.6) is 46.0 Å². The van der Waals surface area contributed by atoms with Gasteiger partial charge in [0.05, 0.1) is 41.5 Å². The molecule has 11 nitrogen and oxygen atoms in total. The summed E-state index contributed by atoms with van der Waals surface area (Å²) in [5.41, 5.74) is 6.54. The summed E-state index contributed by atoms with van der Waals surface area (Å²) < 4.78 is 38.1. The maximum absolute atomic E-state index is 12.7. The number of carbonyl (C=O) groups is 2. The zero-order chi connectivity index (χ0) is 39.6. The van der Waals surface area contributed by atoms with E-state index in [4.69, 9.17) is 28.4 Å². The number of carboxylic acid groups (broad SMARTS) is 1. The number of rotatable bonds is 10. The smallest absolute Gasteiger partial charge is 0.308 e. The van der Waals surface area contributed by atoms with Crippen molar-refractivity contribution in [2.45, 2.75) is 70.4 Å². The second-order valence-electron chi connectivity index (χ2n) is 15.5. The predicted octanol–water partition coefficient (Wildman–Crippen LogP) is 8.24. The summed E-state index contributed by atoms with van der Waals surface area (Å²) in [6.45, 7) is 4.00. The van der Waals surface area contributed by atoms with E-state index in [1.807, 2.05) is 30.3 Å². The van der Waals surface area contributed by atoms with Crippen LogP contribution in [-0.4, -0.2) is 81.5 Å². The Morgan fingerprint density at radius 2 is 1.54 bits per heavy atom. The Morgan fingerprint density at radius 1 is 0.821 bits per heavy atom. The fourth-order valence-electron chi connectivity index (χ4n) is 8.76. The molecule has 4 aliphatic rings. The van der Waals surface area contributed by atoms with E-state index in [-0.39, 0.29) is 24.3 Å². The zero-order valence-electron chi connectivity index (χ0n) is 33.3. The summed E-state index contributed by atoms with van der Waals surface area (Å²) in [6, 6.07) is 20.4. The summed E-state index contributed by atoms with van der Waals surface area (Å²) >= 11 is 0. The second-order valence-corrected chi connectivity index (χ2v) is 15.5. The highest BCUT2D eigenvalue weighted by Gasteiger charge is 2.41. The number of nitrogens with zero attached hydrogens (tertiary/aromatic N) is 2. The highest BCUT2D eigenvalue weighted by Crippen LogP contribution is 2.52. The minimum Gasteiger partial charge on any atom is -0.493 e. The maximum atomic E-state index is 12.7. The number of likely N-dealkylation sites (N-methyl/N-ethyl adjacent to an activating group) is 2. The molecular formula is C45H53N2O9+. The van der Waals surface area contributed by atoms with Crippen molar-refractivity contribution in [2.75, 3.05) is 55.1 Å². The third kappa shape index (κ3) is 8.01. The molecule has 3 unspecified atom stereocenters. The third-order valence-corrected chi connectivity index (χ3v) is 11.8. The van der Waals surface area contributed by atoms with Gasteiger partial charge in [-0.15, -0.1) is 0 Å². The van der Waals surface area contributed by atoms with Crippen LogP contribution in [0.4, 0.5) is 0 Å². The van der Waals surface area contributed by atoms with Crippen molar-refractivity contribution < 1.29 is 47.6 Å². The molecule has 11 heteroatoms. The molecule has 0 radical (unpaired) electrons. The molecule has 1 N–H and O–H groups in total. The molecule has 0 fully saturated rings. The Hall–Kier alpha value is -5.26. The van der Waals surface area contributed by atoms with Gasteiger partial charge in [-0.25, -0.2) is 0 Å². The zero-order valence-corrected chi connectivity index (χ0v) is 33.3. The monoisotopic (exact) mass is 765 g/mol. The Morgan fingerprint density at radius 3 is 2.25 bits per heavy atom. The molecule has 3 atom stereocenters. The van der Waals surface area contributed by atoms with Gasteiger partial charge in [0.2, 0.25) is 5.75 Å². The standard InChI is InChI=1S/C45H52N2O9/c1-28(48)54-44-41(53-6)26-32-17-19-46(2)35-22-30-13-16-37(51-4)39(24-30)55-33-14-11-29(12-15-33)23-36-34-27-40(56-45(44)43(32)35)38(52-5)25-31(34)18-21-47(36,3)20-9-7-8-10-42(49)50/h11-16,24-27,35-36H,7-10,17-23H2,1-6H3/p+1. The van der Waals surface area contributed by atoms with Gasteiger partial charge in [-0.2, -0.15) is 0 Å². The second kappa shape index (κ2) is 16.5. The van der Waals surface area contributed by atoms with Crippen molar-refractivity contribution in [3.05, 3.63) is 94.0 Å². The number of carbonyl (C=O) groups excluding carboxylic acids is 1. The fraction of sp³-hybridized carbons (Fsp3) is 0.422. The van der Waals surface area contributed by atoms with Crippen molar-refractivity contribution in [1.82, 2.24) is 4.90 Å². The van der Waals surface area contributed by atoms with Gasteiger partial charge < -0.3 is 38.0 Å². The maximum Gasteiger partial charge on any atom is 0.308 e. The molecule has 0 saturated carbocycles. The van der Waals surface area contributed by atoms with Crippen LogP contribution < -0.4 is 28.4 Å². The molecule has 0 spiro atoms. The Bertz CT molecular complexity index is 2100. The number of fused-ring (bicyclic) bond motifs is 2. The molecule has 0 amide bonds. The number of benzene rings is 4. The van der Waals surface area contributed by atoms with E-state index in [0.29, 0.717) is 53.1 Å². The average molecular weight is 766 g/mol. The number of esters is 1. The number of hydrogen-bond donors (Lipinski definition) is 1. The minimum atomic E-state index is -0.756. The largest absolute Gasteiger partial charge is 0.493 e. The molecule has 4 aliphatic heterocycles. The lowest BCUT2D eigenvalue weighted by Gasteiger charge is -2.46. The first-order valence-corrected chi connectivity index (χ1v) is 19.5. The fourth-order valence-corrected chi connectivity index (χ4v) is 8.76. The van der Waals surface area contributed by atoms with Gasteiger partial charge in [-0.1, -0.05) is 18.2 Å². The molecule has 6 bridgehead atoms. The third-order valence-electron chi connectivity index (χ3n) is 11.8. The van der Waals surface area contributed by atoms with Crippen LogP contribution in [0.3, 0.4) is 0 Å². The normalized spacial score (nSPS) is 20.0. The number of methoxy groups -OCH3 is 3. The van der Waals surface area contributed by atoms with E-state index in [1.165, 1.54) is 18.1 Å². The lowest BCUT2D eigenvalue weighted by atomic mass is 9.85. The Labute approximate surface area is 329 Å². The molecule has 56 heavy (non-hydrogen) atoms. The summed E-state index contributed by atoms with van der Waals surface area (Å²) in [7, 11) is 9.29. The minimum absolute atomic E-state index is 0.0555. The summed E-state index contributed by atoms with van der Waals surface area (Å²) in [6.07, 6.45) is 5.56. The van der Waals surface area contributed by atoms with E-state index in [2.05, 4.69) is 49.3 Å². The first kappa shape index (κ1) is 39.0. The molecule has 0 aliphatic carbocycles. The summed E-state index contributed by atoms with van der Waals surface area (Å²) in [4.78, 5) is 26.3. The van der Waals surface area contributed by atoms with Crippen LogP contribution in [0.25, 0.3) is 0 Å². The number of ether oxygens (including phenoxy) is 6. The highest BCUT2D eigenvalue weighted by molar-refractivity contribution is 5.74. The lowest BCUT2D eigenvalue weighted by molar-refractivity contribution is -0.941. The summed E-state index contributed by atoms with van der Waals surface area (Å²) in [5, 5.41) is 9.24. The van der Waals surface area contributed by atoms with Crippen molar-refractivity contribution in [2.24, 2.45) is 0 Å². The van der Waals surface area contributed by atoms with E-state index < -0.39 is 11.9 Å². The molecule has 8 rings (SSSR count). The van der Waals surface area contributed by atoms with Gasteiger partial charge in [-0.05, 0) is 104 Å². The SMILES string of the molecule is COc1ccc2cc1Oc1ccc(cc1)CC1c3cc(c(OC)cc3CC[N+]1(C)CCCCCC(=O)O)Oc1c(OC(C)=O)c(OC)cc3c1C(C2)N(C)CC3. The molecular weight excluding hydrogens is 712 g/mol. The lowest BCUT2D eigenvalue weighted by Crippen LogP contribution is -2.52. The van der Waals surface area contributed by atoms with Crippen LogP contribution in [0.1, 0.15) is 78.1 Å². The molecule has 0 saturated heterocycles. The molecule has 4 heterocycles. The van der Waals surface area contributed by atoms with Crippen LogP contribution in [-0.2, 0) is 35.3 Å². The topological polar surface area (TPSA) is 113 Å². The molecule has 0 aromatic heterocycles. The number of carboxylic acids is 1. The first-order chi connectivity index (χ1) is 27.0. The molecule has 4 aromatic rings. The van der Waals surface area contributed by atoms with Gasteiger partial charge >= 0.3 is 11.9 Å². The van der Waals surface area contributed by atoms with Crippen molar-refractivity contribution in [1.29, 1.82) is 0 Å². The quantitative estimate of drug-likeness (QED) is 0.0734. The first-order valence-electron chi connectivity index (χ1n) is 19.5. The number of unbranched alkanes of at least 4 members (excludes halogenated alkanes) is 2. The van der Waals surface area contributed by atoms with Crippen LogP contribution in [0.2, 0.25) is 0 Å². The Kier molecular flexibility index (Phi) is 11.5. The number of hydrogen-bond acceptors (Lipinski definition) is 9. The van der Waals surface area contributed by atoms with E-state index in [9.17, 15) is 14.7 Å². The summed E-state index contributed by atoms with van der Waals surface area (Å²) in [5.74, 6) is 2.91. The van der Waals surface area contributed by atoms with Crippen molar-refractivity contribution in [3.8, 4) is 46.0 Å². The van der Waals surface area contributed by atoms with Gasteiger partial charge in [0.25, 0.3) is 0 Å². The van der Waals surface area contributed by atoms with Gasteiger partial charge in [0, 0.05) is 49.9 Å².